The summed E-state index contributed by atoms with van der Waals surface area (Å²) < 4.78 is 20.0. The Hall–Kier alpha value is -1.10. The zero-order chi connectivity index (χ0) is 16.8. The van der Waals surface area contributed by atoms with Gasteiger partial charge in [0.05, 0.1) is 5.02 Å². The van der Waals surface area contributed by atoms with E-state index in [-0.39, 0.29) is 5.82 Å². The van der Waals surface area contributed by atoms with Gasteiger partial charge in [0.15, 0.2) is 0 Å². The minimum Gasteiger partial charge on any atom is -0.489 e. The molecule has 0 radical (unpaired) electrons. The second-order valence-corrected chi connectivity index (χ2v) is 7.01. The van der Waals surface area contributed by atoms with Crippen LogP contribution < -0.4 is 4.74 Å². The normalized spacial score (nSPS) is 11.0. The smallest absolute Gasteiger partial charge is 0.124 e. The molecule has 0 aliphatic carbocycles. The molecule has 124 valence electrons. The Morgan fingerprint density at radius 3 is 2.61 bits per heavy atom. The van der Waals surface area contributed by atoms with E-state index in [2.05, 4.69) is 41.0 Å². The van der Waals surface area contributed by atoms with E-state index < -0.39 is 0 Å². The molecule has 0 aliphatic rings. The van der Waals surface area contributed by atoms with Gasteiger partial charge >= 0.3 is 0 Å². The third-order valence-electron chi connectivity index (χ3n) is 3.47. The fourth-order valence-electron chi connectivity index (χ4n) is 2.26. The molecule has 2 nitrogen and oxygen atoms in total. The van der Waals surface area contributed by atoms with Crippen molar-refractivity contribution in [2.24, 2.45) is 0 Å². The molecular formula is C18H20BrClFNO. The fraction of sp³-hybridized carbons (Fsp3) is 0.333. The summed E-state index contributed by atoms with van der Waals surface area (Å²) in [5, 5.41) is 0.385. The summed E-state index contributed by atoms with van der Waals surface area (Å²) in [6.07, 6.45) is 1.99. The summed E-state index contributed by atoms with van der Waals surface area (Å²) in [5.74, 6) is 0.499. The van der Waals surface area contributed by atoms with Crippen LogP contribution in [-0.4, -0.2) is 25.5 Å². The van der Waals surface area contributed by atoms with Crippen molar-refractivity contribution in [3.8, 4) is 5.75 Å². The van der Waals surface area contributed by atoms with E-state index >= 15 is 0 Å². The molecule has 0 heterocycles. The minimum atomic E-state index is -0.341. The summed E-state index contributed by atoms with van der Waals surface area (Å²) >= 11 is 9.55. The lowest BCUT2D eigenvalue weighted by Gasteiger charge is -2.14. The summed E-state index contributed by atoms with van der Waals surface area (Å²) in [7, 11) is 4.13. The van der Waals surface area contributed by atoms with Gasteiger partial charge in [-0.2, -0.15) is 0 Å². The summed E-state index contributed by atoms with van der Waals surface area (Å²) in [6.45, 7) is 1.34. The Morgan fingerprint density at radius 2 is 1.91 bits per heavy atom. The van der Waals surface area contributed by atoms with Gasteiger partial charge in [-0.15, -0.1) is 0 Å². The summed E-state index contributed by atoms with van der Waals surface area (Å²) in [5.41, 5.74) is 1.93. The highest BCUT2D eigenvalue weighted by atomic mass is 79.9. The van der Waals surface area contributed by atoms with Crippen LogP contribution in [0.2, 0.25) is 5.02 Å². The van der Waals surface area contributed by atoms with Gasteiger partial charge < -0.3 is 9.64 Å². The van der Waals surface area contributed by atoms with E-state index in [1.165, 1.54) is 12.1 Å². The number of nitrogens with zero attached hydrogens (tertiary/aromatic N) is 1. The monoisotopic (exact) mass is 399 g/mol. The Bertz CT molecular complexity index is 663. The standard InChI is InChI=1S/C18H20BrClFNO/c1-22(2)9-3-4-13-10-15(19)6-8-18(13)23-12-14-5-7-16(21)11-17(14)20/h5-8,10-11H,3-4,9,12H2,1-2H3. The molecule has 0 bridgehead atoms. The zero-order valence-corrected chi connectivity index (χ0v) is 15.6. The molecule has 0 atom stereocenters. The number of ether oxygens (including phenoxy) is 1. The maximum absolute atomic E-state index is 13.1. The van der Waals surface area contributed by atoms with Crippen molar-refractivity contribution in [1.29, 1.82) is 0 Å². The summed E-state index contributed by atoms with van der Waals surface area (Å²) in [4.78, 5) is 2.16. The lowest BCUT2D eigenvalue weighted by molar-refractivity contribution is 0.302. The predicted octanol–water partition coefficient (Wildman–Crippen LogP) is 5.31. The average Bonchev–Trinajstić information content (AvgIpc) is 2.47. The molecule has 0 aromatic heterocycles. The molecule has 2 aromatic rings. The van der Waals surface area contributed by atoms with E-state index in [1.54, 1.807) is 6.07 Å². The van der Waals surface area contributed by atoms with E-state index in [9.17, 15) is 4.39 Å². The fourth-order valence-corrected chi connectivity index (χ4v) is 2.89. The van der Waals surface area contributed by atoms with Gasteiger partial charge in [0.1, 0.15) is 18.2 Å². The van der Waals surface area contributed by atoms with Crippen LogP contribution in [0.15, 0.2) is 40.9 Å². The first kappa shape index (κ1) is 18.2. The van der Waals surface area contributed by atoms with Crippen molar-refractivity contribution in [1.82, 2.24) is 4.90 Å². The number of hydrogen-bond donors (Lipinski definition) is 0. The summed E-state index contributed by atoms with van der Waals surface area (Å²) in [6, 6.07) is 10.3. The molecule has 0 unspecified atom stereocenters. The van der Waals surface area contributed by atoms with E-state index in [0.29, 0.717) is 11.6 Å². The highest BCUT2D eigenvalue weighted by Crippen LogP contribution is 2.26. The Labute approximate surface area is 150 Å². The number of aryl methyl sites for hydroxylation is 1. The third-order valence-corrected chi connectivity index (χ3v) is 4.32. The quantitative estimate of drug-likeness (QED) is 0.624. The molecule has 0 amide bonds. The van der Waals surface area contributed by atoms with Crippen molar-refractivity contribution in [3.63, 3.8) is 0 Å². The van der Waals surface area contributed by atoms with E-state index in [4.69, 9.17) is 16.3 Å². The minimum absolute atomic E-state index is 0.321. The van der Waals surface area contributed by atoms with Crippen molar-refractivity contribution >= 4 is 27.5 Å². The van der Waals surface area contributed by atoms with Gasteiger partial charge in [0.2, 0.25) is 0 Å². The highest BCUT2D eigenvalue weighted by Gasteiger charge is 2.08. The largest absolute Gasteiger partial charge is 0.489 e. The maximum atomic E-state index is 13.1. The van der Waals surface area contributed by atoms with Gasteiger partial charge in [0.25, 0.3) is 0 Å². The molecule has 0 fully saturated rings. The van der Waals surface area contributed by atoms with Gasteiger partial charge in [0, 0.05) is 10.0 Å². The molecule has 0 spiro atoms. The Morgan fingerprint density at radius 1 is 1.13 bits per heavy atom. The molecular weight excluding hydrogens is 381 g/mol. The molecule has 2 aromatic carbocycles. The highest BCUT2D eigenvalue weighted by molar-refractivity contribution is 9.10. The molecule has 23 heavy (non-hydrogen) atoms. The van der Waals surface area contributed by atoms with Crippen LogP contribution in [0, 0.1) is 5.82 Å². The van der Waals surface area contributed by atoms with Crippen LogP contribution in [-0.2, 0) is 13.0 Å². The van der Waals surface area contributed by atoms with Gasteiger partial charge in [-0.05, 0) is 69.4 Å². The first-order valence-corrected chi connectivity index (χ1v) is 8.62. The topological polar surface area (TPSA) is 12.5 Å². The lowest BCUT2D eigenvalue weighted by Crippen LogP contribution is -2.13. The molecule has 0 aliphatic heterocycles. The SMILES string of the molecule is CN(C)CCCc1cc(Br)ccc1OCc1ccc(F)cc1Cl. The Kier molecular flexibility index (Phi) is 6.88. The van der Waals surface area contributed by atoms with Crippen molar-refractivity contribution in [2.45, 2.75) is 19.4 Å². The van der Waals surface area contributed by atoms with Crippen LogP contribution >= 0.6 is 27.5 Å². The van der Waals surface area contributed by atoms with Gasteiger partial charge in [-0.1, -0.05) is 33.6 Å². The third kappa shape index (κ3) is 5.79. The number of halogens is 3. The van der Waals surface area contributed by atoms with Crippen molar-refractivity contribution in [2.75, 3.05) is 20.6 Å². The second kappa shape index (κ2) is 8.67. The van der Waals surface area contributed by atoms with E-state index in [1.807, 2.05) is 12.1 Å². The molecule has 0 saturated carbocycles. The lowest BCUT2D eigenvalue weighted by atomic mass is 10.1. The van der Waals surface area contributed by atoms with Crippen LogP contribution in [0.3, 0.4) is 0 Å². The maximum Gasteiger partial charge on any atom is 0.124 e. The first-order chi connectivity index (χ1) is 11.0. The number of rotatable bonds is 7. The van der Waals surface area contributed by atoms with E-state index in [0.717, 1.165) is 40.7 Å². The second-order valence-electron chi connectivity index (χ2n) is 5.68. The van der Waals surface area contributed by atoms with Crippen molar-refractivity contribution in [3.05, 3.63) is 62.8 Å². The van der Waals surface area contributed by atoms with Crippen LogP contribution in [0.25, 0.3) is 0 Å². The van der Waals surface area contributed by atoms with Gasteiger partial charge in [-0.3, -0.25) is 0 Å². The first-order valence-electron chi connectivity index (χ1n) is 7.45. The van der Waals surface area contributed by atoms with Crippen LogP contribution in [0.5, 0.6) is 5.75 Å². The predicted molar refractivity (Wildman–Crippen MR) is 96.8 cm³/mol. The molecule has 2 rings (SSSR count). The van der Waals surface area contributed by atoms with Crippen molar-refractivity contribution < 1.29 is 9.13 Å². The zero-order valence-electron chi connectivity index (χ0n) is 13.3. The molecule has 0 N–H and O–H groups in total. The number of hydrogen-bond acceptors (Lipinski definition) is 2. The molecule has 0 saturated heterocycles. The molecule has 5 heteroatoms. The van der Waals surface area contributed by atoms with Crippen LogP contribution in [0.1, 0.15) is 17.5 Å². The number of benzene rings is 2. The van der Waals surface area contributed by atoms with Crippen LogP contribution in [0.4, 0.5) is 4.39 Å². The van der Waals surface area contributed by atoms with Gasteiger partial charge in [-0.25, -0.2) is 4.39 Å². The average molecular weight is 401 g/mol. The Balaban J connectivity index is 2.06.